The molecule has 0 radical (unpaired) electrons. The lowest BCUT2D eigenvalue weighted by molar-refractivity contribution is 0.395. The number of aryl methyl sites for hydroxylation is 1. The van der Waals surface area contributed by atoms with E-state index in [1.807, 2.05) is 26.0 Å². The van der Waals surface area contributed by atoms with Crippen LogP contribution in [0.25, 0.3) is 11.4 Å². The second-order valence-corrected chi connectivity index (χ2v) is 4.47. The van der Waals surface area contributed by atoms with Gasteiger partial charge in [-0.2, -0.15) is 0 Å². The minimum absolute atomic E-state index is 0.459. The number of aromatic nitrogens is 2. The molecule has 0 amide bonds. The lowest BCUT2D eigenvalue weighted by atomic mass is 10.1. The Morgan fingerprint density at radius 1 is 1.05 bits per heavy atom. The van der Waals surface area contributed by atoms with Crippen molar-refractivity contribution in [3.05, 3.63) is 34.6 Å². The molecule has 0 saturated heterocycles. The van der Waals surface area contributed by atoms with Crippen molar-refractivity contribution in [3.8, 4) is 22.9 Å². The molecule has 5 heteroatoms. The Balaban J connectivity index is 2.58. The number of methoxy groups -OCH3 is 2. The summed E-state index contributed by atoms with van der Waals surface area (Å²) in [7, 11) is 3.21. The lowest BCUT2D eigenvalue weighted by Gasteiger charge is -2.11. The van der Waals surface area contributed by atoms with E-state index < -0.39 is 0 Å². The van der Waals surface area contributed by atoms with E-state index >= 15 is 0 Å². The van der Waals surface area contributed by atoms with Crippen LogP contribution < -0.4 is 9.47 Å². The number of ether oxygens (including phenoxy) is 2. The molecule has 0 unspecified atom stereocenters. The average Bonchev–Trinajstić information content (AvgIpc) is 2.43. The highest BCUT2D eigenvalue weighted by molar-refractivity contribution is 6.30. The minimum atomic E-state index is 0.459. The van der Waals surface area contributed by atoms with Crippen molar-refractivity contribution < 1.29 is 9.47 Å². The summed E-state index contributed by atoms with van der Waals surface area (Å²) >= 11 is 6.11. The van der Waals surface area contributed by atoms with Crippen molar-refractivity contribution in [1.29, 1.82) is 0 Å². The molecule has 0 atom stereocenters. The summed E-state index contributed by atoms with van der Waals surface area (Å²) in [4.78, 5) is 8.75. The zero-order valence-electron chi connectivity index (χ0n) is 11.3. The lowest BCUT2D eigenvalue weighted by Crippen LogP contribution is -1.98. The summed E-state index contributed by atoms with van der Waals surface area (Å²) in [5, 5.41) is 0.459. The molecule has 2 rings (SSSR count). The summed E-state index contributed by atoms with van der Waals surface area (Å²) in [5.74, 6) is 1.92. The van der Waals surface area contributed by atoms with Crippen molar-refractivity contribution in [1.82, 2.24) is 9.97 Å². The molecule has 1 aromatic carbocycles. The Labute approximate surface area is 117 Å². The van der Waals surface area contributed by atoms with Gasteiger partial charge in [0.1, 0.15) is 16.7 Å². The molecule has 0 N–H and O–H groups in total. The van der Waals surface area contributed by atoms with Crippen molar-refractivity contribution in [2.75, 3.05) is 14.2 Å². The summed E-state index contributed by atoms with van der Waals surface area (Å²) in [6.45, 7) is 3.80. The summed E-state index contributed by atoms with van der Waals surface area (Å²) in [6.07, 6.45) is 0. The fourth-order valence-corrected chi connectivity index (χ4v) is 1.91. The van der Waals surface area contributed by atoms with Gasteiger partial charge in [0, 0.05) is 17.3 Å². The van der Waals surface area contributed by atoms with E-state index in [2.05, 4.69) is 9.97 Å². The fourth-order valence-electron chi connectivity index (χ4n) is 1.70. The van der Waals surface area contributed by atoms with Gasteiger partial charge in [-0.25, -0.2) is 9.97 Å². The number of hydrogen-bond acceptors (Lipinski definition) is 4. The highest BCUT2D eigenvalue weighted by Crippen LogP contribution is 2.32. The number of rotatable bonds is 3. The van der Waals surface area contributed by atoms with Gasteiger partial charge in [-0.1, -0.05) is 11.6 Å². The van der Waals surface area contributed by atoms with Crippen molar-refractivity contribution in [2.24, 2.45) is 0 Å². The molecule has 0 spiro atoms. The molecule has 1 aromatic heterocycles. The van der Waals surface area contributed by atoms with Gasteiger partial charge in [0.2, 0.25) is 0 Å². The van der Waals surface area contributed by atoms with Crippen molar-refractivity contribution in [3.63, 3.8) is 0 Å². The molecule has 0 aliphatic heterocycles. The Kier molecular flexibility index (Phi) is 3.90. The third-order valence-corrected chi connectivity index (χ3v) is 3.35. The van der Waals surface area contributed by atoms with Crippen LogP contribution in [-0.4, -0.2) is 24.2 Å². The van der Waals surface area contributed by atoms with Crippen LogP contribution in [0.2, 0.25) is 5.15 Å². The van der Waals surface area contributed by atoms with Crippen LogP contribution in [0.15, 0.2) is 18.2 Å². The summed E-state index contributed by atoms with van der Waals surface area (Å²) in [5.41, 5.74) is 2.53. The first kappa shape index (κ1) is 13.6. The molecule has 19 heavy (non-hydrogen) atoms. The minimum Gasteiger partial charge on any atom is -0.497 e. The quantitative estimate of drug-likeness (QED) is 0.807. The van der Waals surface area contributed by atoms with Crippen LogP contribution in [0.4, 0.5) is 0 Å². The predicted octanol–water partition coefficient (Wildman–Crippen LogP) is 3.43. The maximum atomic E-state index is 6.11. The predicted molar refractivity (Wildman–Crippen MR) is 75.1 cm³/mol. The van der Waals surface area contributed by atoms with E-state index in [1.54, 1.807) is 20.3 Å². The second-order valence-electron chi connectivity index (χ2n) is 4.11. The van der Waals surface area contributed by atoms with E-state index in [0.29, 0.717) is 16.7 Å². The zero-order chi connectivity index (χ0) is 14.0. The van der Waals surface area contributed by atoms with E-state index in [1.165, 1.54) is 0 Å². The van der Waals surface area contributed by atoms with Crippen LogP contribution in [-0.2, 0) is 0 Å². The third kappa shape index (κ3) is 2.63. The molecule has 2 aromatic rings. The number of hydrogen-bond donors (Lipinski definition) is 0. The van der Waals surface area contributed by atoms with Gasteiger partial charge < -0.3 is 9.47 Å². The van der Waals surface area contributed by atoms with Crippen LogP contribution in [0, 0.1) is 13.8 Å². The average molecular weight is 279 g/mol. The van der Waals surface area contributed by atoms with Gasteiger partial charge in [-0.15, -0.1) is 0 Å². The van der Waals surface area contributed by atoms with Gasteiger partial charge in [0.15, 0.2) is 5.82 Å². The first-order chi connectivity index (χ1) is 9.06. The summed E-state index contributed by atoms with van der Waals surface area (Å²) in [6, 6.07) is 5.49. The molecule has 0 aliphatic rings. The van der Waals surface area contributed by atoms with E-state index in [9.17, 15) is 0 Å². The van der Waals surface area contributed by atoms with E-state index in [4.69, 9.17) is 21.1 Å². The topological polar surface area (TPSA) is 44.2 Å². The van der Waals surface area contributed by atoms with Crippen molar-refractivity contribution >= 4 is 11.6 Å². The van der Waals surface area contributed by atoms with Crippen LogP contribution >= 0.6 is 11.6 Å². The molecule has 1 heterocycles. The van der Waals surface area contributed by atoms with E-state index in [0.717, 1.165) is 22.6 Å². The Morgan fingerprint density at radius 3 is 2.37 bits per heavy atom. The molecule has 100 valence electrons. The van der Waals surface area contributed by atoms with Gasteiger partial charge in [-0.05, 0) is 26.0 Å². The first-order valence-corrected chi connectivity index (χ1v) is 6.17. The standard InChI is InChI=1S/C14H15ClN2O2/c1-8-9(2)16-14(17-13(8)15)11-6-5-10(18-3)7-12(11)19-4/h5-7H,1-4H3. The zero-order valence-corrected chi connectivity index (χ0v) is 12.1. The Morgan fingerprint density at radius 2 is 1.79 bits per heavy atom. The molecule has 0 fully saturated rings. The van der Waals surface area contributed by atoms with Crippen LogP contribution in [0.3, 0.4) is 0 Å². The molecular weight excluding hydrogens is 264 g/mol. The first-order valence-electron chi connectivity index (χ1n) is 5.80. The fraction of sp³-hybridized carbons (Fsp3) is 0.286. The smallest absolute Gasteiger partial charge is 0.164 e. The van der Waals surface area contributed by atoms with Gasteiger partial charge in [-0.3, -0.25) is 0 Å². The number of halogens is 1. The highest BCUT2D eigenvalue weighted by atomic mass is 35.5. The maximum Gasteiger partial charge on any atom is 0.164 e. The Bertz CT molecular complexity index is 591. The molecule has 0 aliphatic carbocycles. The number of benzene rings is 1. The van der Waals surface area contributed by atoms with E-state index in [-0.39, 0.29) is 0 Å². The SMILES string of the molecule is COc1ccc(-c2nc(C)c(C)c(Cl)n2)c(OC)c1. The van der Waals surface area contributed by atoms with Crippen LogP contribution in [0.1, 0.15) is 11.3 Å². The maximum absolute atomic E-state index is 6.11. The molecule has 0 saturated carbocycles. The number of nitrogens with zero attached hydrogens (tertiary/aromatic N) is 2. The highest BCUT2D eigenvalue weighted by Gasteiger charge is 2.13. The molecular formula is C14H15ClN2O2. The van der Waals surface area contributed by atoms with Gasteiger partial charge in [0.05, 0.1) is 19.8 Å². The van der Waals surface area contributed by atoms with Gasteiger partial charge >= 0.3 is 0 Å². The molecule has 0 bridgehead atoms. The Hall–Kier alpha value is -1.81. The third-order valence-electron chi connectivity index (χ3n) is 2.98. The van der Waals surface area contributed by atoms with Crippen LogP contribution in [0.5, 0.6) is 11.5 Å². The second kappa shape index (κ2) is 5.45. The summed E-state index contributed by atoms with van der Waals surface area (Å²) < 4.78 is 10.5. The normalized spacial score (nSPS) is 10.4. The van der Waals surface area contributed by atoms with Gasteiger partial charge in [0.25, 0.3) is 0 Å². The van der Waals surface area contributed by atoms with Crippen molar-refractivity contribution in [2.45, 2.75) is 13.8 Å². The largest absolute Gasteiger partial charge is 0.497 e. The molecule has 4 nitrogen and oxygen atoms in total. The monoisotopic (exact) mass is 278 g/mol.